The summed E-state index contributed by atoms with van der Waals surface area (Å²) in [5, 5.41) is 0. The minimum absolute atomic E-state index is 0.207. The lowest BCUT2D eigenvalue weighted by Gasteiger charge is -2.09. The van der Waals surface area contributed by atoms with Gasteiger partial charge in [-0.05, 0) is 13.0 Å². The molecule has 1 aromatic carbocycles. The van der Waals surface area contributed by atoms with Gasteiger partial charge < -0.3 is 19.9 Å². The molecule has 0 saturated carbocycles. The summed E-state index contributed by atoms with van der Waals surface area (Å²) < 4.78 is 16.0. The zero-order chi connectivity index (χ0) is 13.4. The summed E-state index contributed by atoms with van der Waals surface area (Å²) in [5.74, 6) is 2.87. The normalized spacial score (nSPS) is 12.5. The number of anilines is 1. The highest BCUT2D eigenvalue weighted by Crippen LogP contribution is 2.41. The minimum atomic E-state index is 0.207. The van der Waals surface area contributed by atoms with Crippen molar-refractivity contribution in [3.8, 4) is 28.6 Å². The van der Waals surface area contributed by atoms with Crippen LogP contribution < -0.4 is 19.9 Å². The third-order valence-corrected chi connectivity index (χ3v) is 2.95. The molecular weight excluding hydrogens is 246 g/mol. The first-order valence-corrected chi connectivity index (χ1v) is 5.76. The van der Waals surface area contributed by atoms with Gasteiger partial charge in [0.25, 0.3) is 0 Å². The van der Waals surface area contributed by atoms with E-state index in [4.69, 9.17) is 19.9 Å². The van der Waals surface area contributed by atoms with Crippen molar-refractivity contribution in [2.75, 3.05) is 19.6 Å². The van der Waals surface area contributed by atoms with Crippen LogP contribution in [0.15, 0.2) is 18.3 Å². The summed E-state index contributed by atoms with van der Waals surface area (Å²) in [6.07, 6.45) is 1.68. The Hall–Kier alpha value is -2.50. The molecule has 0 aliphatic carbocycles. The summed E-state index contributed by atoms with van der Waals surface area (Å²) in [5.41, 5.74) is 7.37. The first kappa shape index (κ1) is 11.6. The summed E-state index contributed by atoms with van der Waals surface area (Å²) in [6.45, 7) is 2.06. The van der Waals surface area contributed by atoms with Gasteiger partial charge in [-0.15, -0.1) is 0 Å². The van der Waals surface area contributed by atoms with Crippen LogP contribution >= 0.6 is 0 Å². The van der Waals surface area contributed by atoms with Gasteiger partial charge in [-0.3, -0.25) is 0 Å². The lowest BCUT2D eigenvalue weighted by molar-refractivity contribution is 0.174. The number of aromatic nitrogens is 2. The van der Waals surface area contributed by atoms with Crippen molar-refractivity contribution in [2.45, 2.75) is 6.92 Å². The number of aryl methyl sites for hydroxylation is 1. The average molecular weight is 259 g/mol. The number of hydrogen-bond acceptors (Lipinski definition) is 6. The molecule has 0 atom stereocenters. The zero-order valence-corrected chi connectivity index (χ0v) is 10.6. The van der Waals surface area contributed by atoms with Crippen molar-refractivity contribution >= 4 is 5.82 Å². The van der Waals surface area contributed by atoms with Gasteiger partial charge in [-0.2, -0.15) is 0 Å². The molecule has 19 heavy (non-hydrogen) atoms. The molecule has 6 heteroatoms. The molecule has 2 heterocycles. The fraction of sp³-hybridized carbons (Fsp3) is 0.231. The molecule has 0 fully saturated rings. The molecule has 6 nitrogen and oxygen atoms in total. The fourth-order valence-electron chi connectivity index (χ4n) is 1.85. The molecular formula is C13H13N3O3. The summed E-state index contributed by atoms with van der Waals surface area (Å²) in [6, 6.07) is 3.56. The molecule has 1 aromatic heterocycles. The molecule has 0 spiro atoms. The number of benzene rings is 1. The van der Waals surface area contributed by atoms with Crippen molar-refractivity contribution < 1.29 is 14.2 Å². The fourth-order valence-corrected chi connectivity index (χ4v) is 1.85. The highest BCUT2D eigenvalue weighted by atomic mass is 16.7. The van der Waals surface area contributed by atoms with E-state index in [0.717, 1.165) is 11.1 Å². The van der Waals surface area contributed by atoms with E-state index in [1.165, 1.54) is 0 Å². The molecule has 98 valence electrons. The smallest absolute Gasteiger partial charge is 0.231 e. The topological polar surface area (TPSA) is 79.5 Å². The van der Waals surface area contributed by atoms with Crippen molar-refractivity contribution in [2.24, 2.45) is 0 Å². The predicted molar refractivity (Wildman–Crippen MR) is 69.3 cm³/mol. The molecule has 1 aliphatic heterocycles. The molecule has 0 saturated heterocycles. The molecule has 2 aromatic rings. The van der Waals surface area contributed by atoms with E-state index in [0.29, 0.717) is 28.9 Å². The lowest BCUT2D eigenvalue weighted by Crippen LogP contribution is -1.99. The van der Waals surface area contributed by atoms with Crippen LogP contribution in [-0.2, 0) is 0 Å². The van der Waals surface area contributed by atoms with Gasteiger partial charge in [-0.25, -0.2) is 9.97 Å². The highest BCUT2D eigenvalue weighted by molar-refractivity contribution is 5.70. The predicted octanol–water partition coefficient (Wildman–Crippen LogP) is 1.77. The quantitative estimate of drug-likeness (QED) is 0.885. The minimum Gasteiger partial charge on any atom is -0.496 e. The van der Waals surface area contributed by atoms with Crippen LogP contribution in [0.2, 0.25) is 0 Å². The molecule has 0 amide bonds. The second kappa shape index (κ2) is 4.31. The Morgan fingerprint density at radius 2 is 2.00 bits per heavy atom. The van der Waals surface area contributed by atoms with Crippen LogP contribution in [0, 0.1) is 6.92 Å². The van der Waals surface area contributed by atoms with Gasteiger partial charge in [0, 0.05) is 17.8 Å². The van der Waals surface area contributed by atoms with E-state index in [1.54, 1.807) is 25.4 Å². The first-order valence-electron chi connectivity index (χ1n) is 5.76. The van der Waals surface area contributed by atoms with Gasteiger partial charge >= 0.3 is 0 Å². The maximum Gasteiger partial charge on any atom is 0.231 e. The van der Waals surface area contributed by atoms with E-state index >= 15 is 0 Å². The third-order valence-electron chi connectivity index (χ3n) is 2.95. The summed E-state index contributed by atoms with van der Waals surface area (Å²) >= 11 is 0. The summed E-state index contributed by atoms with van der Waals surface area (Å²) in [7, 11) is 1.58. The van der Waals surface area contributed by atoms with Crippen molar-refractivity contribution in [1.29, 1.82) is 0 Å². The highest BCUT2D eigenvalue weighted by Gasteiger charge is 2.20. The van der Waals surface area contributed by atoms with Gasteiger partial charge in [-0.1, -0.05) is 0 Å². The van der Waals surface area contributed by atoms with Crippen molar-refractivity contribution in [3.05, 3.63) is 23.9 Å². The van der Waals surface area contributed by atoms with Gasteiger partial charge in [0.05, 0.1) is 12.7 Å². The molecule has 0 radical (unpaired) electrons. The Bertz CT molecular complexity index is 643. The van der Waals surface area contributed by atoms with Gasteiger partial charge in [0.15, 0.2) is 17.3 Å². The number of nitrogens with two attached hydrogens (primary N) is 1. The third kappa shape index (κ3) is 1.91. The van der Waals surface area contributed by atoms with E-state index in [2.05, 4.69) is 9.97 Å². The number of methoxy groups -OCH3 is 1. The van der Waals surface area contributed by atoms with E-state index in [9.17, 15) is 0 Å². The molecule has 1 aliphatic rings. The maximum absolute atomic E-state index is 5.81. The van der Waals surface area contributed by atoms with E-state index in [-0.39, 0.29) is 6.79 Å². The number of nitrogens with zero attached hydrogens (tertiary/aromatic N) is 2. The Labute approximate surface area is 110 Å². The van der Waals surface area contributed by atoms with E-state index in [1.807, 2.05) is 6.92 Å². The Morgan fingerprint density at radius 1 is 1.26 bits per heavy atom. The van der Waals surface area contributed by atoms with Gasteiger partial charge in [0.2, 0.25) is 6.79 Å². The largest absolute Gasteiger partial charge is 0.496 e. The zero-order valence-electron chi connectivity index (χ0n) is 10.6. The monoisotopic (exact) mass is 259 g/mol. The van der Waals surface area contributed by atoms with Gasteiger partial charge in [0.1, 0.15) is 11.6 Å². The number of hydrogen-bond donors (Lipinski definition) is 1. The molecule has 0 unspecified atom stereocenters. The van der Waals surface area contributed by atoms with Crippen molar-refractivity contribution in [3.63, 3.8) is 0 Å². The summed E-state index contributed by atoms with van der Waals surface area (Å²) in [4.78, 5) is 8.54. The lowest BCUT2D eigenvalue weighted by atomic mass is 10.1. The second-order valence-electron chi connectivity index (χ2n) is 4.17. The van der Waals surface area contributed by atoms with Crippen LogP contribution in [0.1, 0.15) is 5.56 Å². The van der Waals surface area contributed by atoms with E-state index < -0.39 is 0 Å². The maximum atomic E-state index is 5.81. The Kier molecular flexibility index (Phi) is 2.63. The van der Waals surface area contributed by atoms with Crippen LogP contribution in [0.4, 0.5) is 5.82 Å². The van der Waals surface area contributed by atoms with Crippen LogP contribution in [0.25, 0.3) is 11.4 Å². The molecule has 3 rings (SSSR count). The Balaban J connectivity index is 2.15. The number of rotatable bonds is 2. The van der Waals surface area contributed by atoms with Crippen LogP contribution in [0.3, 0.4) is 0 Å². The Morgan fingerprint density at radius 3 is 2.68 bits per heavy atom. The number of fused-ring (bicyclic) bond motifs is 1. The molecule has 2 N–H and O–H groups in total. The first-order chi connectivity index (χ1) is 9.19. The molecule has 0 bridgehead atoms. The SMILES string of the molecule is COc1cc2c(cc1-c1ncc(C)c(N)n1)OCO2. The second-order valence-corrected chi connectivity index (χ2v) is 4.17. The van der Waals surface area contributed by atoms with Crippen molar-refractivity contribution in [1.82, 2.24) is 9.97 Å². The van der Waals surface area contributed by atoms with Crippen LogP contribution in [0.5, 0.6) is 17.2 Å². The standard InChI is InChI=1S/C13H13N3O3/c1-7-5-15-13(16-12(7)14)8-3-10-11(19-6-18-10)4-9(8)17-2/h3-5H,6H2,1-2H3,(H2,14,15,16). The average Bonchev–Trinajstić information content (AvgIpc) is 2.87. The number of nitrogen functional groups attached to an aromatic ring is 1. The number of ether oxygens (including phenoxy) is 3. The van der Waals surface area contributed by atoms with Crippen LogP contribution in [-0.4, -0.2) is 23.9 Å².